The zero-order valence-electron chi connectivity index (χ0n) is 13.6. The molecule has 0 atom stereocenters. The highest BCUT2D eigenvalue weighted by Gasteiger charge is 2.06. The van der Waals surface area contributed by atoms with Crippen molar-refractivity contribution in [2.75, 3.05) is 0 Å². The minimum absolute atomic E-state index is 0.0629. The lowest BCUT2D eigenvalue weighted by Gasteiger charge is -2.10. The van der Waals surface area contributed by atoms with E-state index in [-0.39, 0.29) is 5.56 Å². The molecule has 0 saturated heterocycles. The van der Waals surface area contributed by atoms with Gasteiger partial charge in [-0.1, -0.05) is 50.2 Å². The molecule has 0 aliphatic carbocycles. The van der Waals surface area contributed by atoms with Gasteiger partial charge in [0.1, 0.15) is 0 Å². The maximum Gasteiger partial charge on any atom is 0.258 e. The van der Waals surface area contributed by atoms with Crippen molar-refractivity contribution in [1.29, 1.82) is 0 Å². The SMILES string of the molecule is CC(C)c1ccc2ccn(Cc3ccc(CN)cc3)c(=O)c2c1. The highest BCUT2D eigenvalue weighted by molar-refractivity contribution is 5.82. The standard InChI is InChI=1S/C20H22N2O/c1-14(2)18-8-7-17-9-10-22(20(23)19(17)11-18)13-16-5-3-15(12-21)4-6-16/h3-11,14H,12-13,21H2,1-2H3. The van der Waals surface area contributed by atoms with E-state index in [9.17, 15) is 4.79 Å². The first kappa shape index (κ1) is 15.5. The first-order valence-corrected chi connectivity index (χ1v) is 7.99. The summed E-state index contributed by atoms with van der Waals surface area (Å²) >= 11 is 0. The molecule has 0 saturated carbocycles. The van der Waals surface area contributed by atoms with Gasteiger partial charge in [-0.05, 0) is 40.1 Å². The summed E-state index contributed by atoms with van der Waals surface area (Å²) in [7, 11) is 0. The molecular weight excluding hydrogens is 284 g/mol. The third kappa shape index (κ3) is 3.20. The summed E-state index contributed by atoms with van der Waals surface area (Å²) in [4.78, 5) is 12.8. The minimum Gasteiger partial charge on any atom is -0.326 e. The van der Waals surface area contributed by atoms with Gasteiger partial charge in [0, 0.05) is 18.1 Å². The van der Waals surface area contributed by atoms with Gasteiger partial charge in [0.05, 0.1) is 6.54 Å². The predicted molar refractivity (Wildman–Crippen MR) is 95.7 cm³/mol. The van der Waals surface area contributed by atoms with Crippen molar-refractivity contribution in [1.82, 2.24) is 4.57 Å². The highest BCUT2D eigenvalue weighted by atomic mass is 16.1. The number of nitrogens with two attached hydrogens (primary N) is 1. The molecule has 3 rings (SSSR count). The van der Waals surface area contributed by atoms with Gasteiger partial charge < -0.3 is 10.3 Å². The number of aromatic nitrogens is 1. The Morgan fingerprint density at radius 2 is 1.70 bits per heavy atom. The fourth-order valence-corrected chi connectivity index (χ4v) is 2.76. The van der Waals surface area contributed by atoms with Gasteiger partial charge in [0.15, 0.2) is 0 Å². The minimum atomic E-state index is 0.0629. The van der Waals surface area contributed by atoms with Crippen molar-refractivity contribution in [3.05, 3.63) is 81.8 Å². The van der Waals surface area contributed by atoms with E-state index in [0.29, 0.717) is 19.0 Å². The van der Waals surface area contributed by atoms with Crippen LogP contribution in [0.5, 0.6) is 0 Å². The van der Waals surface area contributed by atoms with Gasteiger partial charge in [0.2, 0.25) is 0 Å². The van der Waals surface area contributed by atoms with E-state index in [4.69, 9.17) is 5.73 Å². The molecule has 0 amide bonds. The number of hydrogen-bond donors (Lipinski definition) is 1. The highest BCUT2D eigenvalue weighted by Crippen LogP contribution is 2.19. The van der Waals surface area contributed by atoms with Crippen LogP contribution < -0.4 is 11.3 Å². The Hall–Kier alpha value is -2.39. The van der Waals surface area contributed by atoms with Crippen molar-refractivity contribution >= 4 is 10.8 Å². The molecule has 3 aromatic rings. The Bertz CT molecular complexity index is 876. The van der Waals surface area contributed by atoms with E-state index in [1.165, 1.54) is 5.56 Å². The lowest BCUT2D eigenvalue weighted by atomic mass is 10.0. The molecule has 118 valence electrons. The van der Waals surface area contributed by atoms with Crippen molar-refractivity contribution < 1.29 is 0 Å². The molecule has 3 heteroatoms. The Balaban J connectivity index is 2.00. The Labute approximate surface area is 136 Å². The van der Waals surface area contributed by atoms with E-state index in [1.54, 1.807) is 4.57 Å². The molecule has 1 aromatic heterocycles. The summed E-state index contributed by atoms with van der Waals surface area (Å²) in [6.07, 6.45) is 1.87. The number of fused-ring (bicyclic) bond motifs is 1. The van der Waals surface area contributed by atoms with Gasteiger partial charge in [0.25, 0.3) is 5.56 Å². The number of pyridine rings is 1. The average molecular weight is 306 g/mol. The van der Waals surface area contributed by atoms with Crippen LogP contribution in [0.3, 0.4) is 0 Å². The molecule has 0 fully saturated rings. The normalized spacial score (nSPS) is 11.3. The largest absolute Gasteiger partial charge is 0.326 e. The first-order valence-electron chi connectivity index (χ1n) is 7.99. The zero-order valence-corrected chi connectivity index (χ0v) is 13.6. The van der Waals surface area contributed by atoms with Crippen LogP contribution in [0.25, 0.3) is 10.8 Å². The van der Waals surface area contributed by atoms with Crippen molar-refractivity contribution in [3.8, 4) is 0 Å². The van der Waals surface area contributed by atoms with Crippen LogP contribution in [-0.2, 0) is 13.1 Å². The Morgan fingerprint density at radius 1 is 1.00 bits per heavy atom. The summed E-state index contributed by atoms with van der Waals surface area (Å²) in [6.45, 7) is 5.39. The van der Waals surface area contributed by atoms with Crippen LogP contribution >= 0.6 is 0 Å². The molecule has 23 heavy (non-hydrogen) atoms. The molecule has 1 heterocycles. The number of hydrogen-bond acceptors (Lipinski definition) is 2. The lowest BCUT2D eigenvalue weighted by molar-refractivity contribution is 0.767. The molecule has 0 bridgehead atoms. The smallest absolute Gasteiger partial charge is 0.258 e. The van der Waals surface area contributed by atoms with E-state index >= 15 is 0 Å². The number of nitrogens with zero attached hydrogens (tertiary/aromatic N) is 1. The van der Waals surface area contributed by atoms with Crippen molar-refractivity contribution in [3.63, 3.8) is 0 Å². The summed E-state index contributed by atoms with van der Waals surface area (Å²) in [6, 6.07) is 16.3. The topological polar surface area (TPSA) is 48.0 Å². The van der Waals surface area contributed by atoms with Crippen LogP contribution in [0.15, 0.2) is 59.5 Å². The third-order valence-electron chi connectivity index (χ3n) is 4.28. The second-order valence-corrected chi connectivity index (χ2v) is 6.27. The van der Waals surface area contributed by atoms with Gasteiger partial charge in [-0.2, -0.15) is 0 Å². The second kappa shape index (κ2) is 6.39. The second-order valence-electron chi connectivity index (χ2n) is 6.27. The molecule has 0 radical (unpaired) electrons. The molecule has 0 unspecified atom stereocenters. The molecule has 0 aliphatic heterocycles. The fraction of sp³-hybridized carbons (Fsp3) is 0.250. The fourth-order valence-electron chi connectivity index (χ4n) is 2.76. The van der Waals surface area contributed by atoms with Crippen LogP contribution in [0.4, 0.5) is 0 Å². The molecular formula is C20H22N2O. The van der Waals surface area contributed by atoms with Crippen LogP contribution in [0.1, 0.15) is 36.5 Å². The zero-order chi connectivity index (χ0) is 16.4. The van der Waals surface area contributed by atoms with Crippen molar-refractivity contribution in [2.24, 2.45) is 5.73 Å². The quantitative estimate of drug-likeness (QED) is 0.800. The molecule has 0 aliphatic rings. The average Bonchev–Trinajstić information content (AvgIpc) is 2.58. The maximum atomic E-state index is 12.8. The third-order valence-corrected chi connectivity index (χ3v) is 4.28. The Morgan fingerprint density at radius 3 is 2.35 bits per heavy atom. The van der Waals surface area contributed by atoms with Gasteiger partial charge in [-0.3, -0.25) is 4.79 Å². The summed E-state index contributed by atoms with van der Waals surface area (Å²) < 4.78 is 1.77. The van der Waals surface area contributed by atoms with Crippen molar-refractivity contribution in [2.45, 2.75) is 32.9 Å². The van der Waals surface area contributed by atoms with Gasteiger partial charge in [-0.25, -0.2) is 0 Å². The first-order chi connectivity index (χ1) is 11.1. The molecule has 2 N–H and O–H groups in total. The maximum absolute atomic E-state index is 12.8. The van der Waals surface area contributed by atoms with Crippen LogP contribution in [0, 0.1) is 0 Å². The van der Waals surface area contributed by atoms with E-state index < -0.39 is 0 Å². The monoisotopic (exact) mass is 306 g/mol. The predicted octanol–water partition coefficient (Wildman–Crippen LogP) is 3.63. The lowest BCUT2D eigenvalue weighted by Crippen LogP contribution is -2.20. The van der Waals surface area contributed by atoms with Gasteiger partial charge in [-0.15, -0.1) is 0 Å². The van der Waals surface area contributed by atoms with Crippen LogP contribution in [-0.4, -0.2) is 4.57 Å². The summed E-state index contributed by atoms with van der Waals surface area (Å²) in [5, 5.41) is 1.78. The molecule has 0 spiro atoms. The van der Waals surface area contributed by atoms with E-state index in [2.05, 4.69) is 19.9 Å². The summed E-state index contributed by atoms with van der Waals surface area (Å²) in [5.41, 5.74) is 9.08. The van der Waals surface area contributed by atoms with Gasteiger partial charge >= 0.3 is 0 Å². The van der Waals surface area contributed by atoms with E-state index in [1.807, 2.05) is 48.7 Å². The van der Waals surface area contributed by atoms with E-state index in [0.717, 1.165) is 21.9 Å². The molecule has 3 nitrogen and oxygen atoms in total. The van der Waals surface area contributed by atoms with Crippen LogP contribution in [0.2, 0.25) is 0 Å². The number of benzene rings is 2. The Kier molecular flexibility index (Phi) is 4.30. The summed E-state index contributed by atoms with van der Waals surface area (Å²) in [5.74, 6) is 0.413. The molecule has 2 aromatic carbocycles. The number of rotatable bonds is 4.